The van der Waals surface area contributed by atoms with E-state index in [0.717, 1.165) is 11.4 Å². The SMILES string of the molecule is CC(=O)Oc1ccc(C(=O)c2cccc3c2Nc2ccccc2O3)cc1. The van der Waals surface area contributed by atoms with Crippen LogP contribution < -0.4 is 14.8 Å². The van der Waals surface area contributed by atoms with Gasteiger partial charge in [0, 0.05) is 18.1 Å². The number of ether oxygens (including phenoxy) is 2. The lowest BCUT2D eigenvalue weighted by atomic mass is 10.00. The molecule has 0 unspecified atom stereocenters. The third-order valence-electron chi connectivity index (χ3n) is 4.02. The third kappa shape index (κ3) is 2.91. The number of para-hydroxylation sites is 3. The van der Waals surface area contributed by atoms with Gasteiger partial charge in [-0.3, -0.25) is 9.59 Å². The molecule has 1 heterocycles. The van der Waals surface area contributed by atoms with Gasteiger partial charge in [-0.1, -0.05) is 18.2 Å². The van der Waals surface area contributed by atoms with E-state index in [1.54, 1.807) is 36.4 Å². The molecule has 1 N–H and O–H groups in total. The van der Waals surface area contributed by atoms with Crippen LogP contribution in [0.5, 0.6) is 17.2 Å². The second-order valence-electron chi connectivity index (χ2n) is 5.85. The number of anilines is 2. The molecule has 3 aromatic rings. The number of fused-ring (bicyclic) bond motifs is 2. The van der Waals surface area contributed by atoms with E-state index in [2.05, 4.69) is 5.32 Å². The Hall–Kier alpha value is -3.60. The summed E-state index contributed by atoms with van der Waals surface area (Å²) >= 11 is 0. The van der Waals surface area contributed by atoms with E-state index < -0.39 is 5.97 Å². The van der Waals surface area contributed by atoms with E-state index in [-0.39, 0.29) is 5.78 Å². The maximum absolute atomic E-state index is 13.0. The normalized spacial score (nSPS) is 11.4. The van der Waals surface area contributed by atoms with Gasteiger partial charge in [0.15, 0.2) is 17.3 Å². The Morgan fingerprint density at radius 2 is 1.62 bits per heavy atom. The first-order valence-electron chi connectivity index (χ1n) is 8.12. The fourth-order valence-corrected chi connectivity index (χ4v) is 2.84. The number of ketones is 1. The zero-order chi connectivity index (χ0) is 18.1. The molecular formula is C21H15NO4. The zero-order valence-corrected chi connectivity index (χ0v) is 14.0. The molecule has 4 rings (SSSR count). The minimum Gasteiger partial charge on any atom is -0.453 e. The van der Waals surface area contributed by atoms with Crippen molar-refractivity contribution in [2.75, 3.05) is 5.32 Å². The van der Waals surface area contributed by atoms with Crippen molar-refractivity contribution in [1.29, 1.82) is 0 Å². The van der Waals surface area contributed by atoms with Crippen LogP contribution in [0.15, 0.2) is 66.7 Å². The highest BCUT2D eigenvalue weighted by Crippen LogP contribution is 2.43. The molecule has 0 bridgehead atoms. The summed E-state index contributed by atoms with van der Waals surface area (Å²) in [6.07, 6.45) is 0. The summed E-state index contributed by atoms with van der Waals surface area (Å²) in [7, 11) is 0. The number of hydrogen-bond donors (Lipinski definition) is 1. The molecule has 0 radical (unpaired) electrons. The summed E-state index contributed by atoms with van der Waals surface area (Å²) in [6, 6.07) is 19.4. The van der Waals surface area contributed by atoms with Crippen molar-refractivity contribution in [1.82, 2.24) is 0 Å². The number of carbonyl (C=O) groups excluding carboxylic acids is 2. The molecule has 1 aliphatic heterocycles. The molecule has 26 heavy (non-hydrogen) atoms. The van der Waals surface area contributed by atoms with Crippen LogP contribution in [0.4, 0.5) is 11.4 Å². The number of rotatable bonds is 3. The maximum atomic E-state index is 13.0. The average molecular weight is 345 g/mol. The van der Waals surface area contributed by atoms with E-state index >= 15 is 0 Å². The van der Waals surface area contributed by atoms with Crippen LogP contribution in [0, 0.1) is 0 Å². The van der Waals surface area contributed by atoms with E-state index in [9.17, 15) is 9.59 Å². The monoisotopic (exact) mass is 345 g/mol. The average Bonchev–Trinajstić information content (AvgIpc) is 2.65. The van der Waals surface area contributed by atoms with Gasteiger partial charge in [-0.25, -0.2) is 0 Å². The molecule has 0 fully saturated rings. The van der Waals surface area contributed by atoms with Gasteiger partial charge in [0.1, 0.15) is 5.75 Å². The number of benzene rings is 3. The predicted molar refractivity (Wildman–Crippen MR) is 97.4 cm³/mol. The van der Waals surface area contributed by atoms with E-state index in [0.29, 0.717) is 28.3 Å². The smallest absolute Gasteiger partial charge is 0.308 e. The molecule has 0 aromatic heterocycles. The van der Waals surface area contributed by atoms with E-state index in [4.69, 9.17) is 9.47 Å². The lowest BCUT2D eigenvalue weighted by Crippen LogP contribution is -2.10. The lowest BCUT2D eigenvalue weighted by Gasteiger charge is -2.23. The van der Waals surface area contributed by atoms with E-state index in [1.807, 2.05) is 30.3 Å². The van der Waals surface area contributed by atoms with Crippen molar-refractivity contribution in [3.63, 3.8) is 0 Å². The largest absolute Gasteiger partial charge is 0.453 e. The summed E-state index contributed by atoms with van der Waals surface area (Å²) in [6.45, 7) is 1.33. The standard InChI is InChI=1S/C21H15NO4/c1-13(23)25-15-11-9-14(10-12-15)21(24)16-5-4-8-19-20(16)22-17-6-2-3-7-18(17)26-19/h2-12,22H,1H3. The van der Waals surface area contributed by atoms with Crippen molar-refractivity contribution < 1.29 is 19.1 Å². The summed E-state index contributed by atoms with van der Waals surface area (Å²) < 4.78 is 10.9. The molecule has 1 aliphatic rings. The van der Waals surface area contributed by atoms with Crippen LogP contribution in [0.25, 0.3) is 0 Å². The Kier molecular flexibility index (Phi) is 3.89. The Bertz CT molecular complexity index is 1010. The highest BCUT2D eigenvalue weighted by molar-refractivity contribution is 6.13. The quantitative estimate of drug-likeness (QED) is 0.331. The molecule has 0 saturated carbocycles. The summed E-state index contributed by atoms with van der Waals surface area (Å²) in [5.74, 6) is 1.17. The first kappa shape index (κ1) is 15.9. The molecule has 3 aromatic carbocycles. The number of carbonyl (C=O) groups is 2. The summed E-state index contributed by atoms with van der Waals surface area (Å²) in [4.78, 5) is 24.0. The third-order valence-corrected chi connectivity index (χ3v) is 4.02. The van der Waals surface area contributed by atoms with Crippen molar-refractivity contribution >= 4 is 23.1 Å². The summed E-state index contributed by atoms with van der Waals surface area (Å²) in [5.41, 5.74) is 2.46. The van der Waals surface area contributed by atoms with Crippen LogP contribution in [-0.2, 0) is 4.79 Å². The zero-order valence-electron chi connectivity index (χ0n) is 14.0. The van der Waals surface area contributed by atoms with Gasteiger partial charge in [0.2, 0.25) is 0 Å². The minimum absolute atomic E-state index is 0.147. The molecule has 0 amide bonds. The van der Waals surface area contributed by atoms with Crippen LogP contribution in [0.1, 0.15) is 22.8 Å². The van der Waals surface area contributed by atoms with Gasteiger partial charge < -0.3 is 14.8 Å². The van der Waals surface area contributed by atoms with Crippen molar-refractivity contribution in [2.24, 2.45) is 0 Å². The molecule has 5 heteroatoms. The van der Waals surface area contributed by atoms with E-state index in [1.165, 1.54) is 6.92 Å². The van der Waals surface area contributed by atoms with Crippen molar-refractivity contribution in [3.8, 4) is 17.2 Å². The first-order valence-corrected chi connectivity index (χ1v) is 8.12. The lowest BCUT2D eigenvalue weighted by molar-refractivity contribution is -0.131. The van der Waals surface area contributed by atoms with Crippen LogP contribution in [0.2, 0.25) is 0 Å². The minimum atomic E-state index is -0.402. The Morgan fingerprint density at radius 3 is 2.38 bits per heavy atom. The first-order chi connectivity index (χ1) is 12.6. The fraction of sp³-hybridized carbons (Fsp3) is 0.0476. The fourth-order valence-electron chi connectivity index (χ4n) is 2.84. The van der Waals surface area contributed by atoms with Crippen LogP contribution in [-0.4, -0.2) is 11.8 Å². The van der Waals surface area contributed by atoms with Crippen molar-refractivity contribution in [2.45, 2.75) is 6.92 Å². The second kappa shape index (κ2) is 6.37. The van der Waals surface area contributed by atoms with Crippen LogP contribution >= 0.6 is 0 Å². The molecule has 0 spiro atoms. The predicted octanol–water partition coefficient (Wildman–Crippen LogP) is 4.69. The van der Waals surface area contributed by atoms with Gasteiger partial charge in [0.25, 0.3) is 0 Å². The number of hydrogen-bond acceptors (Lipinski definition) is 5. The van der Waals surface area contributed by atoms with Crippen LogP contribution in [0.3, 0.4) is 0 Å². The Morgan fingerprint density at radius 1 is 0.885 bits per heavy atom. The summed E-state index contributed by atoms with van der Waals surface area (Å²) in [5, 5.41) is 3.28. The Labute approximate surface area is 150 Å². The molecule has 5 nitrogen and oxygen atoms in total. The highest BCUT2D eigenvalue weighted by atomic mass is 16.5. The van der Waals surface area contributed by atoms with Gasteiger partial charge in [-0.15, -0.1) is 0 Å². The second-order valence-corrected chi connectivity index (χ2v) is 5.85. The highest BCUT2D eigenvalue weighted by Gasteiger charge is 2.22. The van der Waals surface area contributed by atoms with Gasteiger partial charge in [-0.2, -0.15) is 0 Å². The molecule has 0 aliphatic carbocycles. The Balaban J connectivity index is 1.67. The molecule has 0 saturated heterocycles. The molecule has 128 valence electrons. The molecular weight excluding hydrogens is 330 g/mol. The maximum Gasteiger partial charge on any atom is 0.308 e. The number of nitrogens with one attached hydrogen (secondary N) is 1. The topological polar surface area (TPSA) is 64.6 Å². The van der Waals surface area contributed by atoms with Crippen molar-refractivity contribution in [3.05, 3.63) is 77.9 Å². The molecule has 0 atom stereocenters. The number of esters is 1. The van der Waals surface area contributed by atoms with Gasteiger partial charge in [-0.05, 0) is 48.5 Å². The van der Waals surface area contributed by atoms with Gasteiger partial charge in [0.05, 0.1) is 11.4 Å². The van der Waals surface area contributed by atoms with Gasteiger partial charge >= 0.3 is 5.97 Å².